The molecule has 0 radical (unpaired) electrons. The smallest absolute Gasteiger partial charge is 0.272 e. The van der Waals surface area contributed by atoms with Gasteiger partial charge in [-0.05, 0) is 0 Å². The van der Waals surface area contributed by atoms with Crippen molar-refractivity contribution in [3.63, 3.8) is 0 Å². The van der Waals surface area contributed by atoms with Gasteiger partial charge in [0.1, 0.15) is 0 Å². The third-order valence-corrected chi connectivity index (χ3v) is 1.21. The lowest BCUT2D eigenvalue weighted by Gasteiger charge is -1.92. The van der Waals surface area contributed by atoms with Gasteiger partial charge in [-0.2, -0.15) is 4.68 Å². The zero-order valence-electron chi connectivity index (χ0n) is 6.16. The Morgan fingerprint density at radius 2 is 2.25 bits per heavy atom. The van der Waals surface area contributed by atoms with Gasteiger partial charge in [0, 0.05) is 6.42 Å². The Labute approximate surface area is 66.5 Å². The lowest BCUT2D eigenvalue weighted by molar-refractivity contribution is 0.0896. The summed E-state index contributed by atoms with van der Waals surface area (Å²) in [6, 6.07) is 0. The van der Waals surface area contributed by atoms with Gasteiger partial charge in [0.25, 0.3) is 5.91 Å². The molecular formula is C6H7N3O3. The summed E-state index contributed by atoms with van der Waals surface area (Å²) in [7, 11) is 0. The van der Waals surface area contributed by atoms with Crippen molar-refractivity contribution in [3.05, 3.63) is 33.6 Å². The molecule has 6 nitrogen and oxygen atoms in total. The molecule has 0 atom stereocenters. The summed E-state index contributed by atoms with van der Waals surface area (Å²) < 4.78 is 0.615. The van der Waals surface area contributed by atoms with Crippen LogP contribution in [-0.4, -0.2) is 20.7 Å². The molecule has 1 aromatic rings. The maximum absolute atomic E-state index is 11.0. The van der Waals surface area contributed by atoms with E-state index < -0.39 is 17.3 Å². The fourth-order valence-electron chi connectivity index (χ4n) is 0.724. The Bertz CT molecular complexity index is 408. The number of hydrogen-bond donors (Lipinski definition) is 2. The average molecular weight is 169 g/mol. The predicted octanol–water partition coefficient (Wildman–Crippen LogP) is -0.919. The molecule has 2 N–H and O–H groups in total. The van der Waals surface area contributed by atoms with Crippen LogP contribution in [0.1, 0.15) is 11.2 Å². The van der Waals surface area contributed by atoms with Crippen molar-refractivity contribution in [2.24, 2.45) is 0 Å². The topological polar surface area (TPSA) is 87.7 Å². The molecule has 0 aliphatic heterocycles. The number of nitrogens with zero attached hydrogens (tertiary/aromatic N) is 1. The van der Waals surface area contributed by atoms with Gasteiger partial charge in [0.15, 0.2) is 0 Å². The largest absolute Gasteiger partial charge is 0.351 e. The SMILES string of the molecule is C=CCC(=O)n1[nH]c(=O)[nH]c1=O. The molecule has 1 aromatic heterocycles. The standard InChI is InChI=1S/C6H7N3O3/c1-2-3-4(10)9-6(12)7-5(11)8-9/h2H,1,3H2,(H2,7,8,11,12). The van der Waals surface area contributed by atoms with Crippen LogP contribution in [0.3, 0.4) is 0 Å². The van der Waals surface area contributed by atoms with E-state index in [1.54, 1.807) is 0 Å². The van der Waals surface area contributed by atoms with E-state index in [1.165, 1.54) is 6.08 Å². The van der Waals surface area contributed by atoms with Crippen molar-refractivity contribution in [2.75, 3.05) is 0 Å². The molecule has 0 amide bonds. The van der Waals surface area contributed by atoms with Gasteiger partial charge >= 0.3 is 11.4 Å². The van der Waals surface area contributed by atoms with Gasteiger partial charge in [-0.15, -0.1) is 6.58 Å². The fraction of sp³-hybridized carbons (Fsp3) is 0.167. The van der Waals surface area contributed by atoms with E-state index in [1.807, 2.05) is 10.1 Å². The summed E-state index contributed by atoms with van der Waals surface area (Å²) in [6.07, 6.45) is 1.35. The van der Waals surface area contributed by atoms with E-state index in [0.29, 0.717) is 4.68 Å². The molecule has 0 aliphatic carbocycles. The molecule has 1 rings (SSSR count). The number of carbonyl (C=O) groups excluding carboxylic acids is 1. The van der Waals surface area contributed by atoms with Gasteiger partial charge in [-0.3, -0.25) is 9.78 Å². The van der Waals surface area contributed by atoms with Gasteiger partial charge in [-0.1, -0.05) is 6.08 Å². The van der Waals surface area contributed by atoms with Crippen LogP contribution >= 0.6 is 0 Å². The highest BCUT2D eigenvalue weighted by Gasteiger charge is 2.06. The Kier molecular flexibility index (Phi) is 2.09. The van der Waals surface area contributed by atoms with Crippen LogP contribution in [0.15, 0.2) is 22.2 Å². The Balaban J connectivity index is 3.10. The number of rotatable bonds is 2. The van der Waals surface area contributed by atoms with E-state index in [9.17, 15) is 14.4 Å². The van der Waals surface area contributed by atoms with Gasteiger partial charge in [0.2, 0.25) is 0 Å². The van der Waals surface area contributed by atoms with Crippen molar-refractivity contribution in [1.82, 2.24) is 14.8 Å². The molecular weight excluding hydrogens is 162 g/mol. The number of hydrogen-bond acceptors (Lipinski definition) is 3. The van der Waals surface area contributed by atoms with E-state index in [0.717, 1.165) is 0 Å². The minimum atomic E-state index is -0.758. The van der Waals surface area contributed by atoms with E-state index in [2.05, 4.69) is 6.58 Å². The third kappa shape index (κ3) is 1.42. The molecule has 0 aliphatic rings. The first-order valence-corrected chi connectivity index (χ1v) is 3.20. The lowest BCUT2D eigenvalue weighted by Crippen LogP contribution is -2.24. The highest BCUT2D eigenvalue weighted by atomic mass is 16.2. The number of aromatic amines is 2. The molecule has 12 heavy (non-hydrogen) atoms. The third-order valence-electron chi connectivity index (χ3n) is 1.21. The number of carbonyl (C=O) groups is 1. The summed E-state index contributed by atoms with van der Waals surface area (Å²) in [4.78, 5) is 34.2. The second-order valence-corrected chi connectivity index (χ2v) is 2.09. The Hall–Kier alpha value is -1.85. The molecule has 0 fully saturated rings. The summed E-state index contributed by atoms with van der Waals surface area (Å²) >= 11 is 0. The zero-order valence-corrected chi connectivity index (χ0v) is 6.16. The highest BCUT2D eigenvalue weighted by Crippen LogP contribution is 1.82. The quantitative estimate of drug-likeness (QED) is 0.561. The molecule has 0 spiro atoms. The second kappa shape index (κ2) is 3.04. The molecule has 64 valence electrons. The maximum Gasteiger partial charge on any atom is 0.351 e. The van der Waals surface area contributed by atoms with Crippen molar-refractivity contribution in [3.8, 4) is 0 Å². The van der Waals surface area contributed by atoms with Gasteiger partial charge < -0.3 is 0 Å². The summed E-state index contributed by atoms with van der Waals surface area (Å²) in [5.41, 5.74) is -1.45. The first-order valence-electron chi connectivity index (χ1n) is 3.20. The number of H-pyrrole nitrogens is 2. The van der Waals surface area contributed by atoms with E-state index in [4.69, 9.17) is 0 Å². The van der Waals surface area contributed by atoms with Crippen LogP contribution in [0.25, 0.3) is 0 Å². The fourth-order valence-corrected chi connectivity index (χ4v) is 0.724. The molecule has 0 bridgehead atoms. The number of allylic oxidation sites excluding steroid dienone is 1. The Morgan fingerprint density at radius 1 is 1.58 bits per heavy atom. The van der Waals surface area contributed by atoms with Crippen LogP contribution in [-0.2, 0) is 0 Å². The second-order valence-electron chi connectivity index (χ2n) is 2.09. The monoisotopic (exact) mass is 169 g/mol. The summed E-state index contributed by atoms with van der Waals surface area (Å²) in [5, 5.41) is 2.02. The van der Waals surface area contributed by atoms with Crippen LogP contribution in [0.4, 0.5) is 0 Å². The molecule has 0 unspecified atom stereocenters. The average Bonchev–Trinajstić information content (AvgIpc) is 2.30. The lowest BCUT2D eigenvalue weighted by atomic mass is 10.4. The molecule has 0 saturated carbocycles. The summed E-state index contributed by atoms with van der Waals surface area (Å²) in [5.74, 6) is -0.520. The molecule has 0 saturated heterocycles. The minimum Gasteiger partial charge on any atom is -0.272 e. The normalized spacial score (nSPS) is 9.67. The number of nitrogens with one attached hydrogen (secondary N) is 2. The number of aromatic nitrogens is 3. The Morgan fingerprint density at radius 3 is 2.67 bits per heavy atom. The molecule has 1 heterocycles. The first-order chi connectivity index (χ1) is 5.65. The van der Waals surface area contributed by atoms with Crippen molar-refractivity contribution < 1.29 is 4.79 Å². The van der Waals surface area contributed by atoms with Gasteiger partial charge in [-0.25, -0.2) is 14.7 Å². The maximum atomic E-state index is 11.0. The molecule has 6 heteroatoms. The van der Waals surface area contributed by atoms with Crippen LogP contribution < -0.4 is 11.4 Å². The minimum absolute atomic E-state index is 0.00764. The zero-order chi connectivity index (χ0) is 9.14. The van der Waals surface area contributed by atoms with E-state index in [-0.39, 0.29) is 6.42 Å². The van der Waals surface area contributed by atoms with Crippen molar-refractivity contribution >= 4 is 5.91 Å². The summed E-state index contributed by atoms with van der Waals surface area (Å²) in [6.45, 7) is 3.32. The van der Waals surface area contributed by atoms with E-state index >= 15 is 0 Å². The van der Waals surface area contributed by atoms with Crippen molar-refractivity contribution in [2.45, 2.75) is 6.42 Å². The van der Waals surface area contributed by atoms with Crippen LogP contribution in [0.5, 0.6) is 0 Å². The van der Waals surface area contributed by atoms with Gasteiger partial charge in [0.05, 0.1) is 0 Å². The first kappa shape index (κ1) is 8.25. The highest BCUT2D eigenvalue weighted by molar-refractivity contribution is 5.78. The predicted molar refractivity (Wildman–Crippen MR) is 41.1 cm³/mol. The van der Waals surface area contributed by atoms with Crippen molar-refractivity contribution in [1.29, 1.82) is 0 Å². The van der Waals surface area contributed by atoms with Crippen LogP contribution in [0.2, 0.25) is 0 Å². The van der Waals surface area contributed by atoms with Crippen LogP contribution in [0, 0.1) is 0 Å². The molecule has 0 aromatic carbocycles.